The Hall–Kier alpha value is -1.42. The molecule has 21 heavy (non-hydrogen) atoms. The first-order valence-electron chi connectivity index (χ1n) is 6.14. The number of rotatable bonds is 4. The monoisotopic (exact) mass is 343 g/mol. The molecule has 0 fully saturated rings. The van der Waals surface area contributed by atoms with Gasteiger partial charge in [0.15, 0.2) is 6.10 Å². The van der Waals surface area contributed by atoms with Gasteiger partial charge in [-0.3, -0.25) is 4.79 Å². The molecule has 0 heterocycles. The molecule has 0 saturated carbocycles. The number of carbonyl (C=O) groups excluding carboxylic acids is 1. The predicted molar refractivity (Wildman–Crippen MR) is 86.6 cm³/mol. The lowest BCUT2D eigenvalue weighted by Crippen LogP contribution is -2.30. The van der Waals surface area contributed by atoms with Crippen molar-refractivity contribution in [3.8, 4) is 5.75 Å². The Kier molecular flexibility index (Phi) is 5.34. The van der Waals surface area contributed by atoms with Gasteiger partial charge in [-0.05, 0) is 43.3 Å². The second-order valence-corrected chi connectivity index (χ2v) is 5.61. The third kappa shape index (κ3) is 4.53. The number of nitrogens with one attached hydrogen (secondary N) is 1. The standard InChI is InChI=1S/C15H12Cl3NO2/c1-9(21-14-6-5-11(17)8-13(14)18)15(20)19-12-4-2-3-10(16)7-12/h2-9H,1H3,(H,19,20)/t9-/m1/s1. The normalized spacial score (nSPS) is 11.8. The quantitative estimate of drug-likeness (QED) is 0.842. The second kappa shape index (κ2) is 7.03. The van der Waals surface area contributed by atoms with Crippen molar-refractivity contribution in [2.24, 2.45) is 0 Å². The number of amides is 1. The summed E-state index contributed by atoms with van der Waals surface area (Å²) >= 11 is 17.7. The van der Waals surface area contributed by atoms with Crippen molar-refractivity contribution in [1.82, 2.24) is 0 Å². The highest BCUT2D eigenvalue weighted by molar-refractivity contribution is 6.35. The Bertz CT molecular complexity index is 661. The summed E-state index contributed by atoms with van der Waals surface area (Å²) in [7, 11) is 0. The minimum atomic E-state index is -0.720. The van der Waals surface area contributed by atoms with Gasteiger partial charge in [0.25, 0.3) is 5.91 Å². The molecule has 0 bridgehead atoms. The van der Waals surface area contributed by atoms with Crippen LogP contribution in [-0.4, -0.2) is 12.0 Å². The summed E-state index contributed by atoms with van der Waals surface area (Å²) in [6.45, 7) is 1.63. The fourth-order valence-corrected chi connectivity index (χ4v) is 2.27. The molecule has 6 heteroatoms. The van der Waals surface area contributed by atoms with Gasteiger partial charge in [0.1, 0.15) is 5.75 Å². The molecule has 1 N–H and O–H groups in total. The molecule has 1 atom stereocenters. The van der Waals surface area contributed by atoms with E-state index < -0.39 is 6.10 Å². The Morgan fingerprint density at radius 2 is 1.81 bits per heavy atom. The number of ether oxygens (including phenoxy) is 1. The SMILES string of the molecule is C[C@@H](Oc1ccc(Cl)cc1Cl)C(=O)Nc1cccc(Cl)c1. The van der Waals surface area contributed by atoms with Crippen LogP contribution in [0.3, 0.4) is 0 Å². The van der Waals surface area contributed by atoms with E-state index in [0.717, 1.165) is 0 Å². The van der Waals surface area contributed by atoms with Crippen LogP contribution in [0.4, 0.5) is 5.69 Å². The summed E-state index contributed by atoms with van der Waals surface area (Å²) < 4.78 is 5.53. The number of hydrogen-bond donors (Lipinski definition) is 1. The average Bonchev–Trinajstić information content (AvgIpc) is 2.41. The third-order valence-electron chi connectivity index (χ3n) is 2.66. The van der Waals surface area contributed by atoms with Crippen LogP contribution in [-0.2, 0) is 4.79 Å². The lowest BCUT2D eigenvalue weighted by Gasteiger charge is -2.15. The van der Waals surface area contributed by atoms with Crippen molar-refractivity contribution in [2.45, 2.75) is 13.0 Å². The highest BCUT2D eigenvalue weighted by atomic mass is 35.5. The Labute approximate surface area is 137 Å². The van der Waals surface area contributed by atoms with Crippen molar-refractivity contribution < 1.29 is 9.53 Å². The minimum absolute atomic E-state index is 0.303. The maximum absolute atomic E-state index is 12.1. The molecular weight excluding hydrogens is 333 g/mol. The van der Waals surface area contributed by atoms with Crippen LogP contribution in [0.15, 0.2) is 42.5 Å². The molecule has 0 aromatic heterocycles. The van der Waals surface area contributed by atoms with Crippen LogP contribution in [0.2, 0.25) is 15.1 Å². The van der Waals surface area contributed by atoms with Crippen LogP contribution in [0.1, 0.15) is 6.92 Å². The molecule has 2 aromatic carbocycles. The fraction of sp³-hybridized carbons (Fsp3) is 0.133. The van der Waals surface area contributed by atoms with E-state index in [1.54, 1.807) is 49.4 Å². The van der Waals surface area contributed by atoms with Gasteiger partial charge in [0, 0.05) is 15.7 Å². The maximum Gasteiger partial charge on any atom is 0.265 e. The van der Waals surface area contributed by atoms with Crippen molar-refractivity contribution in [1.29, 1.82) is 0 Å². The highest BCUT2D eigenvalue weighted by Gasteiger charge is 2.16. The molecule has 0 spiro atoms. The molecule has 3 nitrogen and oxygen atoms in total. The van der Waals surface area contributed by atoms with Gasteiger partial charge in [0.2, 0.25) is 0 Å². The van der Waals surface area contributed by atoms with E-state index in [1.165, 1.54) is 0 Å². The topological polar surface area (TPSA) is 38.3 Å². The largest absolute Gasteiger partial charge is 0.479 e. The predicted octanol–water partition coefficient (Wildman–Crippen LogP) is 5.05. The van der Waals surface area contributed by atoms with Gasteiger partial charge in [0.05, 0.1) is 5.02 Å². The highest BCUT2D eigenvalue weighted by Crippen LogP contribution is 2.28. The molecule has 110 valence electrons. The van der Waals surface area contributed by atoms with Gasteiger partial charge < -0.3 is 10.1 Å². The van der Waals surface area contributed by atoms with E-state index in [4.69, 9.17) is 39.5 Å². The van der Waals surface area contributed by atoms with E-state index in [-0.39, 0.29) is 5.91 Å². The van der Waals surface area contributed by atoms with Crippen molar-refractivity contribution in [2.75, 3.05) is 5.32 Å². The van der Waals surface area contributed by atoms with Crippen LogP contribution >= 0.6 is 34.8 Å². The van der Waals surface area contributed by atoms with Crippen LogP contribution in [0.25, 0.3) is 0 Å². The van der Waals surface area contributed by atoms with Crippen LogP contribution in [0.5, 0.6) is 5.75 Å². The van der Waals surface area contributed by atoms with Gasteiger partial charge >= 0.3 is 0 Å². The van der Waals surface area contributed by atoms with E-state index in [1.807, 2.05) is 0 Å². The molecule has 0 aliphatic heterocycles. The number of halogens is 3. The Morgan fingerprint density at radius 3 is 2.48 bits per heavy atom. The van der Waals surface area contributed by atoms with Gasteiger partial charge in [-0.1, -0.05) is 40.9 Å². The summed E-state index contributed by atoms with van der Waals surface area (Å²) in [6.07, 6.45) is -0.720. The summed E-state index contributed by atoms with van der Waals surface area (Å²) in [4.78, 5) is 12.1. The zero-order chi connectivity index (χ0) is 15.4. The Morgan fingerprint density at radius 1 is 1.10 bits per heavy atom. The first-order chi connectivity index (χ1) is 9.95. The Balaban J connectivity index is 2.02. The second-order valence-electron chi connectivity index (χ2n) is 4.33. The van der Waals surface area contributed by atoms with E-state index in [2.05, 4.69) is 5.32 Å². The average molecular weight is 345 g/mol. The van der Waals surface area contributed by atoms with Gasteiger partial charge in [-0.25, -0.2) is 0 Å². The molecule has 1 amide bonds. The zero-order valence-electron chi connectivity index (χ0n) is 11.1. The van der Waals surface area contributed by atoms with Gasteiger partial charge in [-0.2, -0.15) is 0 Å². The van der Waals surface area contributed by atoms with E-state index >= 15 is 0 Å². The maximum atomic E-state index is 12.1. The summed E-state index contributed by atoms with van der Waals surface area (Å²) in [5, 5.41) is 4.11. The van der Waals surface area contributed by atoms with Crippen molar-refractivity contribution in [3.05, 3.63) is 57.5 Å². The number of anilines is 1. The molecule has 2 rings (SSSR count). The lowest BCUT2D eigenvalue weighted by atomic mass is 10.3. The van der Waals surface area contributed by atoms with Crippen LogP contribution < -0.4 is 10.1 Å². The molecule has 0 aliphatic rings. The summed E-state index contributed by atoms with van der Waals surface area (Å²) in [5.41, 5.74) is 0.602. The minimum Gasteiger partial charge on any atom is -0.479 e. The molecule has 0 aliphatic carbocycles. The van der Waals surface area contributed by atoms with Gasteiger partial charge in [-0.15, -0.1) is 0 Å². The third-order valence-corrected chi connectivity index (χ3v) is 3.42. The van der Waals surface area contributed by atoms with Crippen molar-refractivity contribution in [3.63, 3.8) is 0 Å². The number of benzene rings is 2. The zero-order valence-corrected chi connectivity index (χ0v) is 13.3. The number of hydrogen-bond acceptors (Lipinski definition) is 2. The van der Waals surface area contributed by atoms with Crippen LogP contribution in [0, 0.1) is 0 Å². The summed E-state index contributed by atoms with van der Waals surface area (Å²) in [6, 6.07) is 11.7. The smallest absolute Gasteiger partial charge is 0.265 e. The molecular formula is C15H12Cl3NO2. The summed E-state index contributed by atoms with van der Waals surface area (Å²) in [5.74, 6) is 0.0955. The molecule has 0 unspecified atom stereocenters. The van der Waals surface area contributed by atoms with Crippen molar-refractivity contribution >= 4 is 46.4 Å². The first kappa shape index (κ1) is 16.0. The fourth-order valence-electron chi connectivity index (χ4n) is 1.62. The molecule has 2 aromatic rings. The molecule has 0 radical (unpaired) electrons. The lowest BCUT2D eigenvalue weighted by molar-refractivity contribution is -0.122. The molecule has 0 saturated heterocycles. The van der Waals surface area contributed by atoms with E-state index in [9.17, 15) is 4.79 Å². The van der Waals surface area contributed by atoms with E-state index in [0.29, 0.717) is 26.5 Å². The number of carbonyl (C=O) groups is 1. The first-order valence-corrected chi connectivity index (χ1v) is 7.27.